The molecule has 0 radical (unpaired) electrons. The third kappa shape index (κ3) is 4.28. The van der Waals surface area contributed by atoms with Gasteiger partial charge in [-0.05, 0) is 42.1 Å². The third-order valence-corrected chi connectivity index (χ3v) is 5.86. The van der Waals surface area contributed by atoms with Crippen LogP contribution in [0.3, 0.4) is 0 Å². The SMILES string of the molecule is CCCC(CCC(C)C)(C(C)C)C(Cc1ccccc1)(C(=O)O)C(=O)O. The quantitative estimate of drug-likeness (QED) is 0.526. The molecular formula is C22H34O4. The molecule has 0 amide bonds. The molecule has 4 heteroatoms. The van der Waals surface area contributed by atoms with Crippen LogP contribution < -0.4 is 0 Å². The molecule has 146 valence electrons. The Labute approximate surface area is 157 Å². The van der Waals surface area contributed by atoms with Crippen LogP contribution in [0.1, 0.15) is 65.9 Å². The van der Waals surface area contributed by atoms with Gasteiger partial charge in [0.15, 0.2) is 5.41 Å². The zero-order chi connectivity index (χ0) is 20.0. The summed E-state index contributed by atoms with van der Waals surface area (Å²) >= 11 is 0. The maximum absolute atomic E-state index is 12.6. The van der Waals surface area contributed by atoms with Gasteiger partial charge in [-0.25, -0.2) is 0 Å². The van der Waals surface area contributed by atoms with Crippen molar-refractivity contribution in [1.82, 2.24) is 0 Å². The van der Waals surface area contributed by atoms with Crippen LogP contribution in [0, 0.1) is 22.7 Å². The first kappa shape index (κ1) is 22.2. The monoisotopic (exact) mass is 362 g/mol. The van der Waals surface area contributed by atoms with E-state index < -0.39 is 22.8 Å². The molecule has 26 heavy (non-hydrogen) atoms. The number of hydrogen-bond donors (Lipinski definition) is 2. The number of rotatable bonds is 11. The van der Waals surface area contributed by atoms with Gasteiger partial charge in [0.1, 0.15) is 0 Å². The molecule has 0 saturated carbocycles. The van der Waals surface area contributed by atoms with Crippen LogP contribution in [0.2, 0.25) is 0 Å². The summed E-state index contributed by atoms with van der Waals surface area (Å²) in [6.45, 7) is 10.1. The van der Waals surface area contributed by atoms with E-state index >= 15 is 0 Å². The van der Waals surface area contributed by atoms with Gasteiger partial charge < -0.3 is 10.2 Å². The molecule has 1 aromatic carbocycles. The second-order valence-corrected chi connectivity index (χ2v) is 8.17. The van der Waals surface area contributed by atoms with Crippen molar-refractivity contribution in [3.8, 4) is 0 Å². The largest absolute Gasteiger partial charge is 0.480 e. The van der Waals surface area contributed by atoms with E-state index in [1.54, 1.807) is 0 Å². The van der Waals surface area contributed by atoms with Crippen molar-refractivity contribution < 1.29 is 19.8 Å². The molecule has 2 N–H and O–H groups in total. The molecule has 0 fully saturated rings. The Morgan fingerprint density at radius 3 is 1.88 bits per heavy atom. The van der Waals surface area contributed by atoms with Gasteiger partial charge in [0.2, 0.25) is 0 Å². The van der Waals surface area contributed by atoms with Gasteiger partial charge >= 0.3 is 11.9 Å². The molecule has 0 aliphatic heterocycles. The molecule has 0 aliphatic carbocycles. The lowest BCUT2D eigenvalue weighted by Gasteiger charge is -2.49. The maximum Gasteiger partial charge on any atom is 0.321 e. The van der Waals surface area contributed by atoms with E-state index in [1.807, 2.05) is 51.1 Å². The minimum Gasteiger partial charge on any atom is -0.480 e. The number of benzene rings is 1. The summed E-state index contributed by atoms with van der Waals surface area (Å²) in [6, 6.07) is 9.15. The molecule has 0 bridgehead atoms. The molecule has 1 atom stereocenters. The molecule has 1 aromatic rings. The smallest absolute Gasteiger partial charge is 0.321 e. The Balaban J connectivity index is 3.63. The first-order valence-electron chi connectivity index (χ1n) is 9.64. The molecule has 4 nitrogen and oxygen atoms in total. The van der Waals surface area contributed by atoms with E-state index in [4.69, 9.17) is 0 Å². The highest BCUT2D eigenvalue weighted by Gasteiger charge is 2.62. The normalized spacial score (nSPS) is 14.4. The number of carboxylic acids is 2. The van der Waals surface area contributed by atoms with Crippen molar-refractivity contribution >= 4 is 11.9 Å². The Kier molecular flexibility index (Phi) is 7.86. The highest BCUT2D eigenvalue weighted by molar-refractivity contribution is 5.99. The number of hydrogen-bond acceptors (Lipinski definition) is 2. The topological polar surface area (TPSA) is 74.6 Å². The van der Waals surface area contributed by atoms with E-state index in [0.29, 0.717) is 18.8 Å². The van der Waals surface area contributed by atoms with Crippen LogP contribution in [0.15, 0.2) is 30.3 Å². The van der Waals surface area contributed by atoms with Crippen LogP contribution in [-0.4, -0.2) is 22.2 Å². The first-order chi connectivity index (χ1) is 12.1. The van der Waals surface area contributed by atoms with Gasteiger partial charge in [-0.15, -0.1) is 0 Å². The van der Waals surface area contributed by atoms with Gasteiger partial charge in [0.05, 0.1) is 0 Å². The second-order valence-electron chi connectivity index (χ2n) is 8.17. The van der Waals surface area contributed by atoms with Gasteiger partial charge in [-0.3, -0.25) is 9.59 Å². The van der Waals surface area contributed by atoms with E-state index in [9.17, 15) is 19.8 Å². The number of carboxylic acid groups (broad SMARTS) is 2. The lowest BCUT2D eigenvalue weighted by atomic mass is 9.52. The molecule has 0 aliphatic rings. The minimum atomic E-state index is -1.84. The van der Waals surface area contributed by atoms with Crippen molar-refractivity contribution in [2.75, 3.05) is 0 Å². The fourth-order valence-corrected chi connectivity index (χ4v) is 4.36. The summed E-state index contributed by atoms with van der Waals surface area (Å²) in [4.78, 5) is 25.1. The van der Waals surface area contributed by atoms with Crippen LogP contribution in [0.25, 0.3) is 0 Å². The second kappa shape index (κ2) is 9.20. The van der Waals surface area contributed by atoms with Crippen molar-refractivity contribution in [2.45, 2.75) is 66.7 Å². The predicted octanol–water partition coefficient (Wildman–Crippen LogP) is 5.26. The zero-order valence-electron chi connectivity index (χ0n) is 16.8. The summed E-state index contributed by atoms with van der Waals surface area (Å²) in [5, 5.41) is 20.5. The third-order valence-electron chi connectivity index (χ3n) is 5.86. The van der Waals surface area contributed by atoms with Crippen LogP contribution in [-0.2, 0) is 16.0 Å². The van der Waals surface area contributed by atoms with Crippen LogP contribution in [0.4, 0.5) is 0 Å². The van der Waals surface area contributed by atoms with Crippen molar-refractivity contribution in [3.63, 3.8) is 0 Å². The summed E-state index contributed by atoms with van der Waals surface area (Å²) in [6.07, 6.45) is 2.77. The van der Waals surface area contributed by atoms with Gasteiger partial charge in [0, 0.05) is 0 Å². The van der Waals surface area contributed by atoms with Gasteiger partial charge in [-0.2, -0.15) is 0 Å². The average molecular weight is 363 g/mol. The molecule has 0 saturated heterocycles. The maximum atomic E-state index is 12.6. The Morgan fingerprint density at radius 2 is 1.50 bits per heavy atom. The molecule has 1 unspecified atom stereocenters. The van der Waals surface area contributed by atoms with Crippen LogP contribution >= 0.6 is 0 Å². The molecule has 0 spiro atoms. The van der Waals surface area contributed by atoms with E-state index in [1.165, 1.54) is 0 Å². The Hall–Kier alpha value is -1.84. The van der Waals surface area contributed by atoms with E-state index in [0.717, 1.165) is 18.4 Å². The fraction of sp³-hybridized carbons (Fsp3) is 0.636. The van der Waals surface area contributed by atoms with E-state index in [2.05, 4.69) is 13.8 Å². The zero-order valence-corrected chi connectivity index (χ0v) is 16.8. The first-order valence-corrected chi connectivity index (χ1v) is 9.64. The summed E-state index contributed by atoms with van der Waals surface area (Å²) in [7, 11) is 0. The van der Waals surface area contributed by atoms with E-state index in [-0.39, 0.29) is 12.3 Å². The summed E-state index contributed by atoms with van der Waals surface area (Å²) in [5.74, 6) is -2.11. The van der Waals surface area contributed by atoms with Gasteiger partial charge in [-0.1, -0.05) is 77.8 Å². The highest BCUT2D eigenvalue weighted by Crippen LogP contribution is 2.54. The fourth-order valence-electron chi connectivity index (χ4n) is 4.36. The standard InChI is InChI=1S/C22H34O4/c1-6-13-21(17(4)5,14-12-16(2)3)22(19(23)24,20(25)26)15-18-10-8-7-9-11-18/h7-11,16-17H,6,12-15H2,1-5H3,(H,23,24)(H,25,26). The Morgan fingerprint density at radius 1 is 0.962 bits per heavy atom. The average Bonchev–Trinajstić information content (AvgIpc) is 2.56. The number of carbonyl (C=O) groups is 2. The van der Waals surface area contributed by atoms with Crippen LogP contribution in [0.5, 0.6) is 0 Å². The highest BCUT2D eigenvalue weighted by atomic mass is 16.4. The predicted molar refractivity (Wildman–Crippen MR) is 104 cm³/mol. The molecule has 1 rings (SSSR count). The lowest BCUT2D eigenvalue weighted by molar-refractivity contribution is -0.182. The molecule has 0 heterocycles. The lowest BCUT2D eigenvalue weighted by Crippen LogP contribution is -2.57. The molecular weight excluding hydrogens is 328 g/mol. The van der Waals surface area contributed by atoms with Crippen molar-refractivity contribution in [1.29, 1.82) is 0 Å². The Bertz CT molecular complexity index is 577. The van der Waals surface area contributed by atoms with Gasteiger partial charge in [0.25, 0.3) is 0 Å². The summed E-state index contributed by atoms with van der Waals surface area (Å²) < 4.78 is 0. The van der Waals surface area contributed by atoms with Crippen molar-refractivity contribution in [2.24, 2.45) is 22.7 Å². The summed E-state index contributed by atoms with van der Waals surface area (Å²) in [5.41, 5.74) is -1.89. The van der Waals surface area contributed by atoms with Crippen molar-refractivity contribution in [3.05, 3.63) is 35.9 Å². The number of aliphatic carboxylic acids is 2. The minimum absolute atomic E-state index is 0.00871. The molecule has 0 aromatic heterocycles.